The third-order valence-electron chi connectivity index (χ3n) is 19.2. The zero-order chi connectivity index (χ0) is 102. The quantitative estimate of drug-likeness (QED) is 0.0293. The summed E-state index contributed by atoms with van der Waals surface area (Å²) in [7, 11) is 0. The van der Waals surface area contributed by atoms with Crippen molar-refractivity contribution in [2.45, 2.75) is 90.3 Å². The van der Waals surface area contributed by atoms with Crippen molar-refractivity contribution >= 4 is 123 Å². The summed E-state index contributed by atoms with van der Waals surface area (Å²) in [6.07, 6.45) is 4.19. The molecule has 0 fully saturated rings. The molecular formula is C115H107N5O18S2. The zero-order valence-electron chi connectivity index (χ0n) is 79.1. The molecule has 5 N–H and O–H groups in total. The highest BCUT2D eigenvalue weighted by atomic mass is 32.2. The molecule has 0 aliphatic rings. The van der Waals surface area contributed by atoms with E-state index in [0.29, 0.717) is 74.4 Å². The summed E-state index contributed by atoms with van der Waals surface area (Å²) in [5.74, 6) is 1.72. The molecule has 0 aliphatic carbocycles. The molecule has 4 amide bonds. The first kappa shape index (κ1) is 110. The Hall–Kier alpha value is -17.2. The Bertz CT molecular complexity index is 6400. The van der Waals surface area contributed by atoms with Crippen LogP contribution in [0.3, 0.4) is 0 Å². The average molecular weight is 1910 g/mol. The van der Waals surface area contributed by atoms with Crippen molar-refractivity contribution in [3.63, 3.8) is 0 Å². The summed E-state index contributed by atoms with van der Waals surface area (Å²) < 4.78 is 20.0. The van der Waals surface area contributed by atoms with Gasteiger partial charge in [-0.15, -0.1) is 11.8 Å². The molecule has 0 unspecified atom stereocenters. The van der Waals surface area contributed by atoms with Crippen LogP contribution in [0.2, 0.25) is 0 Å². The van der Waals surface area contributed by atoms with E-state index in [1.165, 1.54) is 73.7 Å². The molecule has 712 valence electrons. The van der Waals surface area contributed by atoms with E-state index in [4.69, 9.17) is 24.1 Å². The molecule has 140 heavy (non-hydrogen) atoms. The van der Waals surface area contributed by atoms with E-state index in [1.54, 1.807) is 222 Å². The number of aromatic nitrogens is 1. The molecule has 0 aliphatic heterocycles. The van der Waals surface area contributed by atoms with Crippen molar-refractivity contribution in [3.8, 4) is 34.1 Å². The molecule has 1 aromatic heterocycles. The van der Waals surface area contributed by atoms with Crippen molar-refractivity contribution < 1.29 is 86.4 Å². The van der Waals surface area contributed by atoms with E-state index in [1.807, 2.05) is 188 Å². The molecule has 23 nitrogen and oxygen atoms in total. The van der Waals surface area contributed by atoms with Crippen LogP contribution in [0.15, 0.2) is 409 Å². The summed E-state index contributed by atoms with van der Waals surface area (Å²) in [6.45, 7) is 15.8. The highest BCUT2D eigenvalue weighted by Crippen LogP contribution is 2.29. The Kier molecular flexibility index (Phi) is 47.3. The lowest BCUT2D eigenvalue weighted by Crippen LogP contribution is -2.16. The number of rotatable bonds is 23. The number of phenolic OH excluding ortho intramolecular Hbond substituents is 1. The molecule has 0 saturated heterocycles. The first-order valence-electron chi connectivity index (χ1n) is 43.7. The van der Waals surface area contributed by atoms with Crippen LogP contribution in [-0.4, -0.2) is 99.4 Å². The van der Waals surface area contributed by atoms with Gasteiger partial charge in [0.25, 0.3) is 0 Å². The third kappa shape index (κ3) is 42.6. The number of para-hydroxylation sites is 3. The van der Waals surface area contributed by atoms with Gasteiger partial charge in [0.05, 0.1) is 6.61 Å². The number of nitrogens with one attached hydrogen (secondary N) is 4. The van der Waals surface area contributed by atoms with Gasteiger partial charge < -0.3 is 24.1 Å². The van der Waals surface area contributed by atoms with Crippen molar-refractivity contribution in [1.82, 2.24) is 4.98 Å². The van der Waals surface area contributed by atoms with E-state index in [0.717, 1.165) is 44.7 Å². The summed E-state index contributed by atoms with van der Waals surface area (Å²) in [5.41, 5.74) is 13.1. The maximum atomic E-state index is 11.6. The summed E-state index contributed by atoms with van der Waals surface area (Å²) >= 11 is 3.37. The molecule has 0 bridgehead atoms. The Morgan fingerprint density at radius 3 is 0.943 bits per heavy atom. The highest BCUT2D eigenvalue weighted by Gasteiger charge is 2.13. The number of ketones is 9. The number of benzene rings is 14. The third-order valence-corrected chi connectivity index (χ3v) is 20.9. The average Bonchev–Trinajstić information content (AvgIpc) is 0.846. The van der Waals surface area contributed by atoms with Crippen LogP contribution < -0.4 is 35.5 Å². The lowest BCUT2D eigenvalue weighted by atomic mass is 10.0. The van der Waals surface area contributed by atoms with Gasteiger partial charge in [-0.2, -0.15) is 0 Å². The number of thioether (sulfide) groups is 1. The first-order chi connectivity index (χ1) is 67.3. The van der Waals surface area contributed by atoms with Crippen molar-refractivity contribution in [1.29, 1.82) is 0 Å². The molecule has 14 aromatic carbocycles. The Morgan fingerprint density at radius 1 is 0.264 bits per heavy atom. The van der Waals surface area contributed by atoms with Crippen LogP contribution in [0.25, 0.3) is 11.1 Å². The summed E-state index contributed by atoms with van der Waals surface area (Å²) in [4.78, 5) is 153. The molecule has 0 saturated carbocycles. The zero-order valence-corrected chi connectivity index (χ0v) is 80.7. The van der Waals surface area contributed by atoms with Gasteiger partial charge in [0.1, 0.15) is 23.0 Å². The minimum Gasteiger partial charge on any atom is -0.508 e. The molecule has 15 aromatic rings. The van der Waals surface area contributed by atoms with E-state index in [-0.39, 0.29) is 57.8 Å². The van der Waals surface area contributed by atoms with Gasteiger partial charge in [-0.1, -0.05) is 194 Å². The number of phenols is 1. The Morgan fingerprint density at radius 2 is 0.550 bits per heavy atom. The van der Waals surface area contributed by atoms with E-state index in [2.05, 4.69) is 56.6 Å². The predicted octanol–water partition coefficient (Wildman–Crippen LogP) is 27.6. The smallest absolute Gasteiger partial charge is 0.417 e. The second-order valence-electron chi connectivity index (χ2n) is 30.0. The fraction of sp³-hybridized carbons (Fsp3) is 0.113. The molecular weight excluding hydrogens is 1800 g/mol. The van der Waals surface area contributed by atoms with Crippen molar-refractivity contribution in [2.24, 2.45) is 0 Å². The first-order valence-corrected chi connectivity index (χ1v) is 45.8. The number of carbonyl (C=O) groups is 13. The second kappa shape index (κ2) is 60.3. The fourth-order valence-electron chi connectivity index (χ4n) is 11.8. The number of ether oxygens (including phenoxy) is 4. The van der Waals surface area contributed by atoms with Crippen LogP contribution in [0.4, 0.5) is 41.9 Å². The standard InChI is InChI=1S/3C15H13NO3.C15H14O.C14H12OS.C13H11NO.C11H13NO3.C9H10OS.C8H8O2/c1-11(17)12-6-5-9-14(10-12)19-15(18)16-13-7-3-2-4-8-13;1-11(17)12-7-9-13(10-8-12)16-15(18)19-14-5-3-2-4-6-14;1-11(17)12-7-9-14(10-8-12)19-15(18)16-13-5-3-2-4-6-13;1-12(16)15-9-5-8-14(11-15)10-13-6-3-2-4-7-13;1-11(15)12-7-9-14(10-8-12)16-13-5-3-2-4-6-13;1-10(15)11-2-4-12(5-3-11)13-6-8-14-9-7-13;1-3-15-11(14)12-10-6-4-9(5-7-10)8(2)13;1-7(10)8-3-5-9(11-2)6-4-8;1-6(9)7-2-4-8(10)5-3-7/h3*2-10H,1H3,(H,16,18);2-9,11H,10H2,1H3;2-10H,1H3;2-9H,1H3;4-7H,3H2,1-2H3,(H,12,14);3-6H,1-2H3;2-5,10H,1H3. The van der Waals surface area contributed by atoms with E-state index < -0.39 is 24.4 Å². The van der Waals surface area contributed by atoms with Gasteiger partial charge in [0.2, 0.25) is 0 Å². The normalized spacial score (nSPS) is 9.76. The van der Waals surface area contributed by atoms with Gasteiger partial charge in [-0.25, -0.2) is 19.2 Å². The molecule has 0 spiro atoms. The maximum absolute atomic E-state index is 11.6. The summed E-state index contributed by atoms with van der Waals surface area (Å²) in [5, 5.41) is 19.1. The number of amides is 4. The Balaban J connectivity index is 0.000000215. The lowest BCUT2D eigenvalue weighted by molar-refractivity contribution is 0.100. The number of aromatic hydroxyl groups is 1. The molecule has 1 heterocycles. The molecule has 0 atom stereocenters. The van der Waals surface area contributed by atoms with Gasteiger partial charge in [-0.3, -0.25) is 69.4 Å². The molecule has 25 heteroatoms. The SMILES string of the molecule is CC(=O)c1ccc(-c2ccncc2)cc1.CC(=O)c1ccc(NC(=O)Oc2ccccc2)cc1.CC(=O)c1ccc(O)cc1.CC(=O)c1ccc(OC(=O)Nc2ccccc2)cc1.CC(=O)c1ccc(Sc2ccccc2)cc1.CC(=O)c1cccc(Cc2ccccc2)c1.CC(=O)c1cccc(OC(=O)Nc2ccccc2)c1.CCOC(=O)Nc1ccc(C(C)=O)cc1.CSc1ccc(C(C)=O)cc1. The monoisotopic (exact) mass is 1910 g/mol. The van der Waals surface area contributed by atoms with Crippen LogP contribution in [0, 0.1) is 0 Å². The van der Waals surface area contributed by atoms with Gasteiger partial charge in [0.15, 0.2) is 52.0 Å². The number of Topliss-reactive ketones (excluding diaryl/α,β-unsaturated/α-hetero) is 9. The van der Waals surface area contributed by atoms with Gasteiger partial charge >= 0.3 is 24.4 Å². The topological polar surface area (TPSA) is 340 Å². The number of hydrogen-bond donors (Lipinski definition) is 5. The Labute approximate surface area is 823 Å². The van der Waals surface area contributed by atoms with Crippen LogP contribution >= 0.6 is 23.5 Å². The molecule has 0 radical (unpaired) electrons. The second-order valence-corrected chi connectivity index (χ2v) is 32.1. The van der Waals surface area contributed by atoms with Gasteiger partial charge in [-0.05, 0) is 304 Å². The van der Waals surface area contributed by atoms with E-state index in [9.17, 15) is 62.3 Å². The molecule has 15 rings (SSSR count). The number of nitrogens with zero attached hydrogens (tertiary/aromatic N) is 1. The summed E-state index contributed by atoms with van der Waals surface area (Å²) in [6, 6.07) is 114. The number of carbonyl (C=O) groups excluding carboxylic acids is 13. The maximum Gasteiger partial charge on any atom is 0.417 e. The minimum atomic E-state index is -0.591. The predicted molar refractivity (Wildman–Crippen MR) is 553 cm³/mol. The van der Waals surface area contributed by atoms with Crippen molar-refractivity contribution in [2.75, 3.05) is 34.1 Å². The largest absolute Gasteiger partial charge is 0.508 e. The van der Waals surface area contributed by atoms with Crippen molar-refractivity contribution in [3.05, 3.63) is 456 Å². The lowest BCUT2D eigenvalue weighted by Gasteiger charge is -2.07. The minimum absolute atomic E-state index is 0.00214. The van der Waals surface area contributed by atoms with Crippen LogP contribution in [0.5, 0.6) is 23.0 Å². The fourth-order valence-corrected chi connectivity index (χ4v) is 13.0. The number of pyridine rings is 1. The van der Waals surface area contributed by atoms with Crippen LogP contribution in [-0.2, 0) is 11.2 Å². The van der Waals surface area contributed by atoms with Crippen LogP contribution in [0.1, 0.15) is 174 Å². The van der Waals surface area contributed by atoms with Gasteiger partial charge in [0, 0.05) is 99.9 Å². The number of anilines is 4. The van der Waals surface area contributed by atoms with E-state index >= 15 is 0 Å². The number of hydrogen-bond acceptors (Lipinski definition) is 21. The highest BCUT2D eigenvalue weighted by molar-refractivity contribution is 7.99.